The van der Waals surface area contributed by atoms with Gasteiger partial charge in [0.25, 0.3) is 0 Å². The van der Waals surface area contributed by atoms with E-state index < -0.39 is 6.36 Å². The van der Waals surface area contributed by atoms with Gasteiger partial charge in [-0.15, -0.1) is 23.4 Å². The van der Waals surface area contributed by atoms with Gasteiger partial charge in [-0.2, -0.15) is 0 Å². The number of rotatable bonds is 5. The van der Waals surface area contributed by atoms with Crippen molar-refractivity contribution in [2.45, 2.75) is 44.5 Å². The minimum absolute atomic E-state index is 0.184. The normalized spacial score (nSPS) is 15.4. The van der Waals surface area contributed by atoms with Crippen molar-refractivity contribution >= 4 is 11.5 Å². The van der Waals surface area contributed by atoms with E-state index in [-0.39, 0.29) is 17.1 Å². The van der Waals surface area contributed by atoms with Crippen molar-refractivity contribution in [3.63, 3.8) is 0 Å². The first-order valence-electron chi connectivity index (χ1n) is 9.49. The standard InChI is InChI=1S/C20H21F3N4O2/c1-28-14-9-10-15(17(12-14)29-20(21,22)23)18-16-8-5-11-27(16)19(26-25-18)24-13-6-3-2-4-7-13/h5,8-13H,2-4,6-7H2,1H3,(H,24,26). The van der Waals surface area contributed by atoms with E-state index >= 15 is 0 Å². The van der Waals surface area contributed by atoms with Crippen molar-refractivity contribution in [3.8, 4) is 22.8 Å². The molecule has 29 heavy (non-hydrogen) atoms. The van der Waals surface area contributed by atoms with E-state index in [0.29, 0.717) is 23.2 Å². The van der Waals surface area contributed by atoms with Crippen LogP contribution in [0.3, 0.4) is 0 Å². The van der Waals surface area contributed by atoms with Gasteiger partial charge in [0, 0.05) is 23.9 Å². The zero-order valence-electron chi connectivity index (χ0n) is 15.9. The molecule has 0 atom stereocenters. The minimum Gasteiger partial charge on any atom is -0.497 e. The molecular weight excluding hydrogens is 385 g/mol. The van der Waals surface area contributed by atoms with Crippen LogP contribution < -0.4 is 14.8 Å². The van der Waals surface area contributed by atoms with E-state index in [1.807, 2.05) is 12.3 Å². The Morgan fingerprint density at radius 1 is 1.10 bits per heavy atom. The molecule has 0 bridgehead atoms. The molecule has 1 aromatic carbocycles. The quantitative estimate of drug-likeness (QED) is 0.643. The average molecular weight is 406 g/mol. The SMILES string of the molecule is COc1ccc(-c2nnc(NC3CCCCC3)n3cccc23)c(OC(F)(F)F)c1. The molecule has 154 valence electrons. The Kier molecular flexibility index (Phi) is 5.21. The highest BCUT2D eigenvalue weighted by atomic mass is 19.4. The third-order valence-electron chi connectivity index (χ3n) is 5.07. The first kappa shape index (κ1) is 19.4. The van der Waals surface area contributed by atoms with Gasteiger partial charge in [-0.3, -0.25) is 4.40 Å². The molecular formula is C20H21F3N4O2. The summed E-state index contributed by atoms with van der Waals surface area (Å²) in [4.78, 5) is 0. The Hall–Kier alpha value is -2.97. The number of anilines is 1. The molecule has 0 amide bonds. The van der Waals surface area contributed by atoms with Gasteiger partial charge in [-0.1, -0.05) is 19.3 Å². The summed E-state index contributed by atoms with van der Waals surface area (Å²) in [6.07, 6.45) is 2.68. The summed E-state index contributed by atoms with van der Waals surface area (Å²) in [5, 5.41) is 11.9. The van der Waals surface area contributed by atoms with Gasteiger partial charge in [-0.25, -0.2) is 0 Å². The van der Waals surface area contributed by atoms with Crippen molar-refractivity contribution in [3.05, 3.63) is 36.5 Å². The van der Waals surface area contributed by atoms with Gasteiger partial charge in [0.2, 0.25) is 5.95 Å². The van der Waals surface area contributed by atoms with E-state index in [4.69, 9.17) is 4.74 Å². The van der Waals surface area contributed by atoms with Gasteiger partial charge >= 0.3 is 6.36 Å². The maximum Gasteiger partial charge on any atom is 0.573 e. The molecule has 1 N–H and O–H groups in total. The predicted molar refractivity (Wildman–Crippen MR) is 102 cm³/mol. The molecule has 9 heteroatoms. The number of methoxy groups -OCH3 is 1. The number of aromatic nitrogens is 3. The summed E-state index contributed by atoms with van der Waals surface area (Å²) < 4.78 is 49.9. The zero-order valence-corrected chi connectivity index (χ0v) is 15.9. The summed E-state index contributed by atoms with van der Waals surface area (Å²) in [6.45, 7) is 0. The number of benzene rings is 1. The largest absolute Gasteiger partial charge is 0.573 e. The lowest BCUT2D eigenvalue weighted by Crippen LogP contribution is -2.24. The van der Waals surface area contributed by atoms with E-state index in [0.717, 1.165) is 12.8 Å². The Balaban J connectivity index is 1.75. The highest BCUT2D eigenvalue weighted by Gasteiger charge is 2.33. The van der Waals surface area contributed by atoms with Crippen LogP contribution in [0.15, 0.2) is 36.5 Å². The monoisotopic (exact) mass is 406 g/mol. The van der Waals surface area contributed by atoms with Crippen LogP contribution in [-0.2, 0) is 0 Å². The number of fused-ring (bicyclic) bond motifs is 1. The topological polar surface area (TPSA) is 60.7 Å². The number of hydrogen-bond acceptors (Lipinski definition) is 5. The second kappa shape index (κ2) is 7.81. The fraction of sp³-hybridized carbons (Fsp3) is 0.400. The van der Waals surface area contributed by atoms with Crippen LogP contribution in [0, 0.1) is 0 Å². The van der Waals surface area contributed by atoms with Crippen LogP contribution in [0.2, 0.25) is 0 Å². The molecule has 1 saturated carbocycles. The maximum atomic E-state index is 12.9. The Bertz CT molecular complexity index is 997. The molecule has 4 rings (SSSR count). The number of hydrogen-bond donors (Lipinski definition) is 1. The lowest BCUT2D eigenvalue weighted by molar-refractivity contribution is -0.274. The van der Waals surface area contributed by atoms with Crippen LogP contribution in [0.5, 0.6) is 11.5 Å². The summed E-state index contributed by atoms with van der Waals surface area (Å²) in [5.74, 6) is 0.442. The molecule has 0 spiro atoms. The van der Waals surface area contributed by atoms with E-state index in [1.165, 1.54) is 38.5 Å². The van der Waals surface area contributed by atoms with Crippen LogP contribution in [-0.4, -0.2) is 34.1 Å². The fourth-order valence-electron chi connectivity index (χ4n) is 3.71. The van der Waals surface area contributed by atoms with Crippen LogP contribution in [0.1, 0.15) is 32.1 Å². The molecule has 0 radical (unpaired) electrons. The molecule has 1 aliphatic carbocycles. The Morgan fingerprint density at radius 2 is 1.90 bits per heavy atom. The van der Waals surface area contributed by atoms with Crippen molar-refractivity contribution in [2.75, 3.05) is 12.4 Å². The van der Waals surface area contributed by atoms with Crippen LogP contribution >= 0.6 is 0 Å². The van der Waals surface area contributed by atoms with E-state index in [2.05, 4.69) is 20.3 Å². The van der Waals surface area contributed by atoms with Crippen LogP contribution in [0.4, 0.5) is 19.1 Å². The highest BCUT2D eigenvalue weighted by Crippen LogP contribution is 2.38. The zero-order chi connectivity index (χ0) is 20.4. The summed E-state index contributed by atoms with van der Waals surface area (Å²) in [6, 6.07) is 8.16. The molecule has 0 saturated heterocycles. The van der Waals surface area contributed by atoms with Crippen molar-refractivity contribution in [1.82, 2.24) is 14.6 Å². The first-order chi connectivity index (χ1) is 13.9. The molecule has 1 aliphatic rings. The lowest BCUT2D eigenvalue weighted by Gasteiger charge is -2.23. The lowest BCUT2D eigenvalue weighted by atomic mass is 9.96. The first-order valence-corrected chi connectivity index (χ1v) is 9.49. The smallest absolute Gasteiger partial charge is 0.497 e. The number of nitrogens with zero attached hydrogens (tertiary/aromatic N) is 3. The van der Waals surface area contributed by atoms with Gasteiger partial charge in [0.1, 0.15) is 17.2 Å². The Labute approximate surface area is 165 Å². The fourth-order valence-corrected chi connectivity index (χ4v) is 3.71. The van der Waals surface area contributed by atoms with Gasteiger partial charge < -0.3 is 14.8 Å². The summed E-state index contributed by atoms with van der Waals surface area (Å²) in [5.41, 5.74) is 1.12. The number of ether oxygens (including phenoxy) is 2. The number of halogens is 3. The maximum absolute atomic E-state index is 12.9. The molecule has 2 heterocycles. The molecule has 0 aliphatic heterocycles. The van der Waals surface area contributed by atoms with Crippen molar-refractivity contribution < 1.29 is 22.6 Å². The molecule has 3 aromatic rings. The van der Waals surface area contributed by atoms with Crippen molar-refractivity contribution in [1.29, 1.82) is 0 Å². The third kappa shape index (κ3) is 4.23. The summed E-state index contributed by atoms with van der Waals surface area (Å²) in [7, 11) is 1.38. The van der Waals surface area contributed by atoms with Gasteiger partial charge in [0.15, 0.2) is 0 Å². The molecule has 2 aromatic heterocycles. The van der Waals surface area contributed by atoms with Gasteiger partial charge in [-0.05, 0) is 37.1 Å². The molecule has 6 nitrogen and oxygen atoms in total. The van der Waals surface area contributed by atoms with Crippen molar-refractivity contribution in [2.24, 2.45) is 0 Å². The average Bonchev–Trinajstić information content (AvgIpc) is 3.18. The Morgan fingerprint density at radius 3 is 2.62 bits per heavy atom. The number of nitrogens with one attached hydrogen (secondary N) is 1. The second-order valence-corrected chi connectivity index (χ2v) is 7.02. The highest BCUT2D eigenvalue weighted by molar-refractivity contribution is 5.81. The second-order valence-electron chi connectivity index (χ2n) is 7.02. The third-order valence-corrected chi connectivity index (χ3v) is 5.07. The van der Waals surface area contributed by atoms with Crippen LogP contribution in [0.25, 0.3) is 16.8 Å². The van der Waals surface area contributed by atoms with Gasteiger partial charge in [0.05, 0.1) is 12.6 Å². The predicted octanol–water partition coefficient (Wildman–Crippen LogP) is 5.05. The minimum atomic E-state index is -4.84. The van der Waals surface area contributed by atoms with E-state index in [1.54, 1.807) is 16.5 Å². The summed E-state index contributed by atoms with van der Waals surface area (Å²) >= 11 is 0. The molecule has 0 unspecified atom stereocenters. The molecule has 1 fully saturated rings. The van der Waals surface area contributed by atoms with E-state index in [9.17, 15) is 13.2 Å². The number of alkyl halides is 3.